The van der Waals surface area contributed by atoms with E-state index in [2.05, 4.69) is 10.6 Å². The molecule has 1 amide bonds. The maximum Gasteiger partial charge on any atom is 0.306 e. The Labute approximate surface area is 102 Å². The normalized spacial score (nSPS) is 23.9. The fourth-order valence-electron chi connectivity index (χ4n) is 2.35. The third-order valence-corrected chi connectivity index (χ3v) is 3.12. The Morgan fingerprint density at radius 2 is 2.06 bits per heavy atom. The van der Waals surface area contributed by atoms with Gasteiger partial charge in [-0.25, -0.2) is 0 Å². The van der Waals surface area contributed by atoms with Gasteiger partial charge in [0.15, 0.2) is 0 Å². The van der Waals surface area contributed by atoms with E-state index >= 15 is 0 Å². The van der Waals surface area contributed by atoms with Crippen molar-refractivity contribution < 1.29 is 14.7 Å². The molecule has 0 heterocycles. The van der Waals surface area contributed by atoms with E-state index in [1.54, 1.807) is 0 Å². The van der Waals surface area contributed by atoms with Crippen LogP contribution in [-0.4, -0.2) is 36.1 Å². The summed E-state index contributed by atoms with van der Waals surface area (Å²) in [4.78, 5) is 22.3. The minimum Gasteiger partial charge on any atom is -0.481 e. The quantitative estimate of drug-likeness (QED) is 0.637. The maximum absolute atomic E-state index is 11.4. The van der Waals surface area contributed by atoms with E-state index in [-0.39, 0.29) is 30.3 Å². The van der Waals surface area contributed by atoms with Crippen LogP contribution in [0.15, 0.2) is 0 Å². The molecule has 1 aliphatic carbocycles. The molecule has 0 aliphatic heterocycles. The second-order valence-electron chi connectivity index (χ2n) is 4.99. The predicted octanol–water partition coefficient (Wildman–Crippen LogP) is 0.601. The SMILES string of the molecule is CC(C)NC(=O)CNCC1CCCC1C(=O)O. The lowest BCUT2D eigenvalue weighted by atomic mass is 9.96. The molecule has 0 spiro atoms. The number of nitrogens with one attached hydrogen (secondary N) is 2. The molecule has 0 bridgehead atoms. The molecule has 0 aromatic carbocycles. The van der Waals surface area contributed by atoms with E-state index in [9.17, 15) is 9.59 Å². The minimum atomic E-state index is -0.707. The van der Waals surface area contributed by atoms with E-state index in [0.29, 0.717) is 6.54 Å². The lowest BCUT2D eigenvalue weighted by Gasteiger charge is -2.16. The number of carboxylic acid groups (broad SMARTS) is 1. The summed E-state index contributed by atoms with van der Waals surface area (Å²) < 4.78 is 0. The number of hydrogen-bond acceptors (Lipinski definition) is 3. The highest BCUT2D eigenvalue weighted by Gasteiger charge is 2.32. The Morgan fingerprint density at radius 3 is 2.65 bits per heavy atom. The Kier molecular flexibility index (Phi) is 5.41. The third-order valence-electron chi connectivity index (χ3n) is 3.12. The van der Waals surface area contributed by atoms with E-state index in [4.69, 9.17) is 5.11 Å². The van der Waals surface area contributed by atoms with Crippen molar-refractivity contribution in [2.24, 2.45) is 11.8 Å². The van der Waals surface area contributed by atoms with E-state index in [1.165, 1.54) is 0 Å². The second-order valence-corrected chi connectivity index (χ2v) is 4.99. The summed E-state index contributed by atoms with van der Waals surface area (Å²) in [6.45, 7) is 4.70. The Morgan fingerprint density at radius 1 is 1.35 bits per heavy atom. The molecule has 0 aromatic rings. The molecular weight excluding hydrogens is 220 g/mol. The van der Waals surface area contributed by atoms with Gasteiger partial charge in [0.2, 0.25) is 5.91 Å². The van der Waals surface area contributed by atoms with Crippen LogP contribution in [-0.2, 0) is 9.59 Å². The van der Waals surface area contributed by atoms with Gasteiger partial charge in [-0.05, 0) is 39.2 Å². The molecule has 0 saturated heterocycles. The second kappa shape index (κ2) is 6.59. The van der Waals surface area contributed by atoms with Crippen LogP contribution in [0.5, 0.6) is 0 Å². The van der Waals surface area contributed by atoms with E-state index < -0.39 is 5.97 Å². The highest BCUT2D eigenvalue weighted by Crippen LogP contribution is 2.31. The van der Waals surface area contributed by atoms with Gasteiger partial charge in [0, 0.05) is 6.04 Å². The van der Waals surface area contributed by atoms with Crippen LogP contribution in [0.4, 0.5) is 0 Å². The smallest absolute Gasteiger partial charge is 0.306 e. The van der Waals surface area contributed by atoms with Crippen molar-refractivity contribution in [3.05, 3.63) is 0 Å². The average molecular weight is 242 g/mol. The highest BCUT2D eigenvalue weighted by molar-refractivity contribution is 5.78. The monoisotopic (exact) mass is 242 g/mol. The summed E-state index contributed by atoms with van der Waals surface area (Å²) in [5.74, 6) is -0.819. The number of carbonyl (C=O) groups excluding carboxylic acids is 1. The van der Waals surface area contributed by atoms with Crippen LogP contribution in [0, 0.1) is 11.8 Å². The summed E-state index contributed by atoms with van der Waals surface area (Å²) in [6.07, 6.45) is 2.68. The largest absolute Gasteiger partial charge is 0.481 e. The van der Waals surface area contributed by atoms with Gasteiger partial charge in [0.1, 0.15) is 0 Å². The number of carboxylic acids is 1. The molecule has 1 saturated carbocycles. The number of rotatable bonds is 6. The van der Waals surface area contributed by atoms with Crippen LogP contribution >= 0.6 is 0 Å². The third kappa shape index (κ3) is 4.73. The molecule has 2 atom stereocenters. The van der Waals surface area contributed by atoms with Crippen molar-refractivity contribution >= 4 is 11.9 Å². The molecule has 2 unspecified atom stereocenters. The van der Waals surface area contributed by atoms with Gasteiger partial charge in [0.25, 0.3) is 0 Å². The van der Waals surface area contributed by atoms with Crippen LogP contribution in [0.25, 0.3) is 0 Å². The number of hydrogen-bond donors (Lipinski definition) is 3. The first-order valence-electron chi connectivity index (χ1n) is 6.23. The van der Waals surface area contributed by atoms with Crippen LogP contribution in [0.3, 0.4) is 0 Å². The van der Waals surface area contributed by atoms with E-state index in [1.807, 2.05) is 13.8 Å². The maximum atomic E-state index is 11.4. The summed E-state index contributed by atoms with van der Waals surface area (Å²) in [5.41, 5.74) is 0. The molecule has 98 valence electrons. The van der Waals surface area contributed by atoms with Gasteiger partial charge in [-0.3, -0.25) is 9.59 Å². The Bertz CT molecular complexity index is 279. The first-order chi connectivity index (χ1) is 8.00. The van der Waals surface area contributed by atoms with Crippen molar-refractivity contribution in [1.29, 1.82) is 0 Å². The fraction of sp³-hybridized carbons (Fsp3) is 0.833. The van der Waals surface area contributed by atoms with Crippen molar-refractivity contribution in [2.75, 3.05) is 13.1 Å². The molecular formula is C12H22N2O3. The molecule has 17 heavy (non-hydrogen) atoms. The van der Waals surface area contributed by atoms with E-state index in [0.717, 1.165) is 19.3 Å². The van der Waals surface area contributed by atoms with Crippen molar-refractivity contribution in [1.82, 2.24) is 10.6 Å². The van der Waals surface area contributed by atoms with Gasteiger partial charge in [-0.2, -0.15) is 0 Å². The zero-order chi connectivity index (χ0) is 12.8. The highest BCUT2D eigenvalue weighted by atomic mass is 16.4. The summed E-state index contributed by atoms with van der Waals surface area (Å²) in [5, 5.41) is 14.8. The number of amides is 1. The molecule has 0 aromatic heterocycles. The van der Waals surface area contributed by atoms with Gasteiger partial charge >= 0.3 is 5.97 Å². The van der Waals surface area contributed by atoms with Gasteiger partial charge in [-0.1, -0.05) is 6.42 Å². The predicted molar refractivity (Wildman–Crippen MR) is 64.6 cm³/mol. The summed E-state index contributed by atoms with van der Waals surface area (Å²) >= 11 is 0. The molecule has 0 radical (unpaired) electrons. The Hall–Kier alpha value is -1.10. The molecule has 1 fully saturated rings. The molecule has 1 aliphatic rings. The van der Waals surface area contributed by atoms with Crippen LogP contribution in [0.1, 0.15) is 33.1 Å². The molecule has 5 nitrogen and oxygen atoms in total. The minimum absolute atomic E-state index is 0.0372. The van der Waals surface area contributed by atoms with Crippen molar-refractivity contribution in [3.8, 4) is 0 Å². The van der Waals surface area contributed by atoms with Crippen LogP contribution in [0.2, 0.25) is 0 Å². The fourth-order valence-corrected chi connectivity index (χ4v) is 2.35. The van der Waals surface area contributed by atoms with Crippen molar-refractivity contribution in [2.45, 2.75) is 39.2 Å². The van der Waals surface area contributed by atoms with Gasteiger partial charge in [-0.15, -0.1) is 0 Å². The lowest BCUT2D eigenvalue weighted by Crippen LogP contribution is -2.39. The molecule has 5 heteroatoms. The number of carbonyl (C=O) groups is 2. The lowest BCUT2D eigenvalue weighted by molar-refractivity contribution is -0.142. The Balaban J connectivity index is 2.22. The summed E-state index contributed by atoms with van der Waals surface area (Å²) in [7, 11) is 0. The first-order valence-corrected chi connectivity index (χ1v) is 6.23. The topological polar surface area (TPSA) is 78.4 Å². The molecule has 1 rings (SSSR count). The zero-order valence-corrected chi connectivity index (χ0v) is 10.5. The van der Waals surface area contributed by atoms with Gasteiger partial charge < -0.3 is 15.7 Å². The average Bonchev–Trinajstić information content (AvgIpc) is 2.64. The van der Waals surface area contributed by atoms with Crippen LogP contribution < -0.4 is 10.6 Å². The summed E-state index contributed by atoms with van der Waals surface area (Å²) in [6, 6.07) is 0.141. The van der Waals surface area contributed by atoms with Crippen molar-refractivity contribution in [3.63, 3.8) is 0 Å². The van der Waals surface area contributed by atoms with Gasteiger partial charge in [0.05, 0.1) is 12.5 Å². The zero-order valence-electron chi connectivity index (χ0n) is 10.5. The number of aliphatic carboxylic acids is 1. The standard InChI is InChI=1S/C12H22N2O3/c1-8(2)14-11(15)7-13-6-9-4-3-5-10(9)12(16)17/h8-10,13H,3-7H2,1-2H3,(H,14,15)(H,16,17). The molecule has 3 N–H and O–H groups in total. The first kappa shape index (κ1) is 14.0.